The van der Waals surface area contributed by atoms with Crippen LogP contribution in [0.2, 0.25) is 0 Å². The molecule has 0 aliphatic heterocycles. The number of ether oxygens (including phenoxy) is 2. The molecule has 0 aromatic rings. The molecule has 0 aliphatic rings. The van der Waals surface area contributed by atoms with Gasteiger partial charge in [0.1, 0.15) is 6.04 Å². The summed E-state index contributed by atoms with van der Waals surface area (Å²) >= 11 is 0. The molecular weight excluding hydrogens is 483 g/mol. The number of hydrogen-bond acceptors (Lipinski definition) is 7. The third-order valence-corrected chi connectivity index (χ3v) is 6.37. The van der Waals surface area contributed by atoms with Gasteiger partial charge in [0.05, 0.1) is 0 Å². The van der Waals surface area contributed by atoms with Crippen molar-refractivity contribution in [3.8, 4) is 0 Å². The van der Waals surface area contributed by atoms with Crippen molar-refractivity contribution < 1.29 is 31.5 Å². The fourth-order valence-corrected chi connectivity index (χ4v) is 4.02. The van der Waals surface area contributed by atoms with Crippen LogP contribution in [0, 0.1) is 0 Å². The van der Waals surface area contributed by atoms with Crippen LogP contribution in [-0.2, 0) is 28.7 Å². The summed E-state index contributed by atoms with van der Waals surface area (Å²) in [4.78, 5) is 47.4. The molecule has 8 heteroatoms. The van der Waals surface area contributed by atoms with Gasteiger partial charge in [-0.25, -0.2) is 4.79 Å². The molecule has 0 aliphatic carbocycles. The Bertz CT molecular complexity index is 610. The van der Waals surface area contributed by atoms with E-state index in [1.807, 2.05) is 0 Å². The molecule has 1 atom stereocenters. The number of nitrogens with two attached hydrogens (primary N) is 1. The molecule has 0 heterocycles. The van der Waals surface area contributed by atoms with Crippen molar-refractivity contribution in [3.05, 3.63) is 0 Å². The molecule has 0 spiro atoms. The molecule has 0 aromatic carbocycles. The fourth-order valence-electron chi connectivity index (χ4n) is 4.02. The van der Waals surface area contributed by atoms with Crippen molar-refractivity contribution in [1.82, 2.24) is 0 Å². The Balaban J connectivity index is -0.00000204. The van der Waals surface area contributed by atoms with Crippen LogP contribution in [0.3, 0.4) is 0 Å². The third kappa shape index (κ3) is 26.4. The van der Waals surface area contributed by atoms with Crippen LogP contribution < -0.4 is 5.73 Å². The monoisotopic (exact) mass is 537 g/mol. The number of carbonyl (C=O) groups is 4. The van der Waals surface area contributed by atoms with Crippen molar-refractivity contribution in [2.75, 3.05) is 0 Å². The van der Waals surface area contributed by atoms with E-state index in [1.165, 1.54) is 77.0 Å². The SMILES string of the molecule is CCCCCCCCCCCC(=O)OC(=O)CC[C@H](N)C(=O)OC(=O)CCCCCCCCCCC.[H-].[H-].[Mg+2]. The van der Waals surface area contributed by atoms with Crippen LogP contribution in [0.4, 0.5) is 0 Å². The molecular formula is C29H55MgNO6. The first-order valence-electron chi connectivity index (χ1n) is 14.6. The summed E-state index contributed by atoms with van der Waals surface area (Å²) in [6.07, 6.45) is 20.6. The van der Waals surface area contributed by atoms with Crippen molar-refractivity contribution in [2.24, 2.45) is 5.73 Å². The van der Waals surface area contributed by atoms with Crippen LogP contribution >= 0.6 is 0 Å². The molecule has 7 nitrogen and oxygen atoms in total. The van der Waals surface area contributed by atoms with E-state index in [0.29, 0.717) is 12.8 Å². The predicted molar refractivity (Wildman–Crippen MR) is 151 cm³/mol. The van der Waals surface area contributed by atoms with Gasteiger partial charge in [-0.1, -0.05) is 117 Å². The van der Waals surface area contributed by atoms with Crippen LogP contribution in [0.25, 0.3) is 0 Å². The Hall–Kier alpha value is -0.994. The summed E-state index contributed by atoms with van der Waals surface area (Å²) in [6.45, 7) is 4.40. The zero-order valence-electron chi connectivity index (χ0n) is 25.9. The van der Waals surface area contributed by atoms with E-state index in [2.05, 4.69) is 13.8 Å². The first kappa shape index (κ1) is 38.2. The Morgan fingerprint density at radius 1 is 0.541 bits per heavy atom. The van der Waals surface area contributed by atoms with E-state index in [-0.39, 0.29) is 51.6 Å². The van der Waals surface area contributed by atoms with Crippen LogP contribution in [0.15, 0.2) is 0 Å². The average Bonchev–Trinajstić information content (AvgIpc) is 2.85. The fraction of sp³-hybridized carbons (Fsp3) is 0.862. The molecule has 214 valence electrons. The number of hydrogen-bond donors (Lipinski definition) is 1. The van der Waals surface area contributed by atoms with E-state index in [0.717, 1.165) is 25.7 Å². The van der Waals surface area contributed by atoms with Gasteiger partial charge in [-0.15, -0.1) is 0 Å². The zero-order valence-corrected chi connectivity index (χ0v) is 25.3. The quantitative estimate of drug-likeness (QED) is 0.0615. The minimum Gasteiger partial charge on any atom is -1.00 e. The molecule has 2 N–H and O–H groups in total. The summed E-state index contributed by atoms with van der Waals surface area (Å²) in [5.74, 6) is -2.68. The number of esters is 4. The minimum absolute atomic E-state index is 0. The number of rotatable bonds is 24. The molecule has 37 heavy (non-hydrogen) atoms. The first-order valence-corrected chi connectivity index (χ1v) is 14.6. The van der Waals surface area contributed by atoms with Crippen molar-refractivity contribution >= 4 is 46.9 Å². The molecule has 0 saturated heterocycles. The van der Waals surface area contributed by atoms with Crippen LogP contribution in [0.5, 0.6) is 0 Å². The van der Waals surface area contributed by atoms with E-state index in [4.69, 9.17) is 15.2 Å². The molecule has 0 radical (unpaired) electrons. The van der Waals surface area contributed by atoms with Gasteiger partial charge >= 0.3 is 46.9 Å². The van der Waals surface area contributed by atoms with Crippen molar-refractivity contribution in [2.45, 2.75) is 161 Å². The van der Waals surface area contributed by atoms with Crippen molar-refractivity contribution in [1.29, 1.82) is 0 Å². The number of unbranched alkanes of at least 4 members (excludes halogenated alkanes) is 16. The predicted octanol–water partition coefficient (Wildman–Crippen LogP) is 6.92. The second kappa shape index (κ2) is 28.0. The van der Waals surface area contributed by atoms with Gasteiger partial charge in [0.25, 0.3) is 0 Å². The van der Waals surface area contributed by atoms with E-state index in [9.17, 15) is 19.2 Å². The summed E-state index contributed by atoms with van der Waals surface area (Å²) < 4.78 is 9.58. The Morgan fingerprint density at radius 3 is 1.27 bits per heavy atom. The Labute approximate surface area is 244 Å². The molecule has 0 bridgehead atoms. The molecule has 0 fully saturated rings. The normalized spacial score (nSPS) is 11.4. The smallest absolute Gasteiger partial charge is 1.00 e. The van der Waals surface area contributed by atoms with E-state index >= 15 is 0 Å². The van der Waals surface area contributed by atoms with Gasteiger partial charge in [-0.3, -0.25) is 14.4 Å². The molecule has 0 amide bonds. The molecule has 0 aromatic heterocycles. The van der Waals surface area contributed by atoms with Gasteiger partial charge in [-0.2, -0.15) is 0 Å². The van der Waals surface area contributed by atoms with Crippen LogP contribution in [0.1, 0.15) is 158 Å². The second-order valence-corrected chi connectivity index (χ2v) is 9.94. The standard InChI is InChI=1S/C29H53NO6.Mg.2H/c1-3-5-7-9-11-13-15-17-19-21-26(31)35-28(33)24-23-25(30)29(34)36-27(32)22-20-18-16-14-12-10-8-6-4-2;;;/h25H,3-24,30H2,1-2H3;;;/q;+2;2*-1/t25-;;;/m0.../s1. The Morgan fingerprint density at radius 2 is 0.865 bits per heavy atom. The average molecular weight is 538 g/mol. The summed E-state index contributed by atoms with van der Waals surface area (Å²) in [5.41, 5.74) is 5.73. The van der Waals surface area contributed by atoms with Gasteiger partial charge < -0.3 is 18.1 Å². The maximum absolute atomic E-state index is 12.0. The van der Waals surface area contributed by atoms with Gasteiger partial charge in [0, 0.05) is 19.3 Å². The first-order chi connectivity index (χ1) is 17.4. The van der Waals surface area contributed by atoms with Gasteiger partial charge in [0.15, 0.2) is 0 Å². The van der Waals surface area contributed by atoms with E-state index < -0.39 is 29.9 Å². The molecule has 0 unspecified atom stereocenters. The Kier molecular flexibility index (Phi) is 28.9. The summed E-state index contributed by atoms with van der Waals surface area (Å²) in [5, 5.41) is 0. The maximum atomic E-state index is 12.0. The summed E-state index contributed by atoms with van der Waals surface area (Å²) in [7, 11) is 0. The maximum Gasteiger partial charge on any atom is 2.00 e. The summed E-state index contributed by atoms with van der Waals surface area (Å²) in [6, 6.07) is -1.10. The van der Waals surface area contributed by atoms with Crippen molar-refractivity contribution in [3.63, 3.8) is 0 Å². The third-order valence-electron chi connectivity index (χ3n) is 6.37. The van der Waals surface area contributed by atoms with Crippen LogP contribution in [-0.4, -0.2) is 53.0 Å². The van der Waals surface area contributed by atoms with Gasteiger partial charge in [0.2, 0.25) is 0 Å². The van der Waals surface area contributed by atoms with Gasteiger partial charge in [-0.05, 0) is 19.3 Å². The second-order valence-electron chi connectivity index (χ2n) is 9.94. The number of carbonyl (C=O) groups excluding carboxylic acids is 4. The van der Waals surface area contributed by atoms with E-state index in [1.54, 1.807) is 0 Å². The molecule has 0 rings (SSSR count). The largest absolute Gasteiger partial charge is 2.00 e. The molecule has 0 saturated carbocycles. The minimum atomic E-state index is -1.10. The topological polar surface area (TPSA) is 113 Å². The zero-order chi connectivity index (χ0) is 26.9.